The molecule has 27 unspecified atom stereocenters. The molecule has 4 saturated carbocycles. The molecular formula is C54H84O23. The molecule has 3 aliphatic heterocycles. The molecular weight excluding hydrogens is 1020 g/mol. The number of aliphatic carboxylic acids is 1. The first kappa shape index (κ1) is 60.3. The Morgan fingerprint density at radius 1 is 0.792 bits per heavy atom. The number of rotatable bonds is 14. The lowest BCUT2D eigenvalue weighted by molar-refractivity contribution is -0.391. The van der Waals surface area contributed by atoms with Crippen LogP contribution in [0.25, 0.3) is 0 Å². The number of carbonyl (C=O) groups excluding carboxylic acids is 3. The second-order valence-electron chi connectivity index (χ2n) is 25.3. The normalized spacial score (nSPS) is 50.8. The second-order valence-corrected chi connectivity index (χ2v) is 25.3. The van der Waals surface area contributed by atoms with Crippen LogP contribution in [0, 0.1) is 56.2 Å². The Bertz CT molecular complexity index is 2210. The van der Waals surface area contributed by atoms with E-state index in [2.05, 4.69) is 26.8 Å². The predicted octanol–water partition coefficient (Wildman–Crippen LogP) is -0.395. The lowest BCUT2D eigenvalue weighted by Gasteiger charge is -2.72. The largest absolute Gasteiger partial charge is 0.479 e. The number of carboxylic acid groups (broad SMARTS) is 1. The summed E-state index contributed by atoms with van der Waals surface area (Å²) in [6, 6.07) is 0. The van der Waals surface area contributed by atoms with Crippen LogP contribution in [0.4, 0.5) is 0 Å². The van der Waals surface area contributed by atoms with Crippen LogP contribution in [-0.4, -0.2) is 211 Å². The van der Waals surface area contributed by atoms with Crippen LogP contribution in [0.2, 0.25) is 0 Å². The summed E-state index contributed by atoms with van der Waals surface area (Å²) in [7, 11) is 0. The van der Waals surface area contributed by atoms with Crippen molar-refractivity contribution in [1.82, 2.24) is 0 Å². The van der Waals surface area contributed by atoms with Crippen molar-refractivity contribution >= 4 is 24.2 Å². The lowest BCUT2D eigenvalue weighted by atomic mass is 9.33. The molecule has 0 aromatic heterocycles. The van der Waals surface area contributed by atoms with Crippen LogP contribution in [0.1, 0.15) is 114 Å². The Morgan fingerprint density at radius 2 is 1.45 bits per heavy atom. The van der Waals surface area contributed by atoms with Gasteiger partial charge in [0.15, 0.2) is 25.0 Å². The highest BCUT2D eigenvalue weighted by Crippen LogP contribution is 2.76. The smallest absolute Gasteiger partial charge is 0.335 e. The highest BCUT2D eigenvalue weighted by atomic mass is 16.8. The fourth-order valence-electron chi connectivity index (χ4n) is 15.8. The van der Waals surface area contributed by atoms with Gasteiger partial charge in [-0.1, -0.05) is 67.0 Å². The van der Waals surface area contributed by atoms with Gasteiger partial charge >= 0.3 is 17.9 Å². The van der Waals surface area contributed by atoms with E-state index in [9.17, 15) is 75.3 Å². The first-order chi connectivity index (χ1) is 35.9. The maximum atomic E-state index is 14.0. The zero-order chi connectivity index (χ0) is 56.9. The van der Waals surface area contributed by atoms with Gasteiger partial charge in [-0.3, -0.25) is 9.59 Å². The number of allylic oxidation sites excluding steroid dienone is 2. The predicted molar refractivity (Wildman–Crippen MR) is 262 cm³/mol. The van der Waals surface area contributed by atoms with Crippen LogP contribution in [-0.2, 0) is 57.1 Å². The van der Waals surface area contributed by atoms with Gasteiger partial charge in [0.1, 0.15) is 86.1 Å². The van der Waals surface area contributed by atoms with Gasteiger partial charge in [-0.15, -0.1) is 0 Å². The highest BCUT2D eigenvalue weighted by Gasteiger charge is 2.74. The van der Waals surface area contributed by atoms with Gasteiger partial charge in [-0.05, 0) is 85.4 Å². The minimum atomic E-state index is -2.17. The molecule has 8 aliphatic rings. The fourth-order valence-corrected chi connectivity index (χ4v) is 15.8. The Morgan fingerprint density at radius 3 is 2.08 bits per heavy atom. The molecule has 11 N–H and O–H groups in total. The van der Waals surface area contributed by atoms with E-state index in [4.69, 9.17) is 37.9 Å². The summed E-state index contributed by atoms with van der Waals surface area (Å²) >= 11 is 0. The number of aliphatic hydroxyl groups is 10. The average Bonchev–Trinajstić information content (AvgIpc) is 3.51. The molecule has 3 heterocycles. The topological polar surface area (TPSA) is 365 Å². The molecule has 8 rings (SSSR count). The number of esters is 2. The van der Waals surface area contributed by atoms with E-state index >= 15 is 0 Å². The van der Waals surface area contributed by atoms with Crippen molar-refractivity contribution < 1.29 is 113 Å². The van der Waals surface area contributed by atoms with Crippen LogP contribution in [0.15, 0.2) is 11.6 Å². The number of fused-ring (bicyclic) bond motifs is 7. The van der Waals surface area contributed by atoms with Gasteiger partial charge in [0.25, 0.3) is 0 Å². The van der Waals surface area contributed by atoms with Crippen molar-refractivity contribution in [1.29, 1.82) is 0 Å². The molecule has 0 bridgehead atoms. The maximum Gasteiger partial charge on any atom is 0.335 e. The highest BCUT2D eigenvalue weighted by molar-refractivity contribution is 5.73. The summed E-state index contributed by atoms with van der Waals surface area (Å²) in [6.07, 6.45) is -24.9. The molecule has 0 amide bonds. The third-order valence-corrected chi connectivity index (χ3v) is 20.7. The van der Waals surface area contributed by atoms with Gasteiger partial charge in [0.2, 0.25) is 0 Å². The summed E-state index contributed by atoms with van der Waals surface area (Å²) in [6.45, 7) is 15.3. The van der Waals surface area contributed by atoms with Crippen LogP contribution in [0.5, 0.6) is 0 Å². The number of ether oxygens (including phenoxy) is 8. The molecule has 0 aromatic carbocycles. The number of aldehydes is 1. The van der Waals surface area contributed by atoms with Crippen molar-refractivity contribution in [2.24, 2.45) is 56.2 Å². The first-order valence-corrected chi connectivity index (χ1v) is 27.3. The van der Waals surface area contributed by atoms with Crippen molar-refractivity contribution in [3.63, 3.8) is 0 Å². The molecule has 0 aromatic rings. The number of aliphatic hydroxyl groups excluding tert-OH is 10. The van der Waals surface area contributed by atoms with Crippen LogP contribution < -0.4 is 0 Å². The molecule has 27 atom stereocenters. The van der Waals surface area contributed by atoms with Crippen LogP contribution >= 0.6 is 0 Å². The van der Waals surface area contributed by atoms with Crippen molar-refractivity contribution in [3.8, 4) is 0 Å². The summed E-state index contributed by atoms with van der Waals surface area (Å²) in [5.74, 6) is -4.23. The van der Waals surface area contributed by atoms with E-state index in [0.717, 1.165) is 11.9 Å². The molecule has 0 spiro atoms. The van der Waals surface area contributed by atoms with E-state index in [1.165, 1.54) is 6.92 Å². The zero-order valence-corrected chi connectivity index (χ0v) is 45.5. The third-order valence-electron chi connectivity index (χ3n) is 20.7. The van der Waals surface area contributed by atoms with E-state index in [0.29, 0.717) is 38.5 Å². The Labute approximate surface area is 448 Å². The standard InChI is InChI=1S/C54H84O23/c1-10-23(2)45(69)77-43-42(66)54(22-71-24(3)57)26(17-49(43,4)5)25-11-12-30-50(6)15-14-32(51(7,21-56)29(50)13-16-52(30,8)53(25,9)18-31(54)59)73-48-41(76-47-37(64)35(62)34(61)28(19-55)72-47)39(38(65)40(75-48)44(67)68)74-46-36(63)33(60)27(58)20-70-46/h11,21,23,26-43,46-48,55,58-66H,10,12-20,22H2,1-9H3,(H,67,68). The molecule has 3 saturated heterocycles. The average molecular weight is 1100 g/mol. The molecule has 438 valence electrons. The van der Waals surface area contributed by atoms with Crippen molar-refractivity contribution in [2.45, 2.75) is 224 Å². The summed E-state index contributed by atoms with van der Waals surface area (Å²) in [5, 5.41) is 122. The minimum absolute atomic E-state index is 0.116. The maximum absolute atomic E-state index is 14.0. The summed E-state index contributed by atoms with van der Waals surface area (Å²) in [4.78, 5) is 52.8. The monoisotopic (exact) mass is 1100 g/mol. The van der Waals surface area contributed by atoms with E-state index in [-0.39, 0.29) is 25.4 Å². The van der Waals surface area contributed by atoms with Gasteiger partial charge in [0.05, 0.1) is 42.2 Å². The first-order valence-electron chi connectivity index (χ1n) is 27.3. The van der Waals surface area contributed by atoms with Crippen molar-refractivity contribution in [3.05, 3.63) is 11.6 Å². The minimum Gasteiger partial charge on any atom is -0.479 e. The summed E-state index contributed by atoms with van der Waals surface area (Å²) in [5.41, 5.74) is -4.39. The fraction of sp³-hybridized carbons (Fsp3) is 0.889. The van der Waals surface area contributed by atoms with Gasteiger partial charge < -0.3 is 98.9 Å². The molecule has 77 heavy (non-hydrogen) atoms. The van der Waals surface area contributed by atoms with Gasteiger partial charge in [0, 0.05) is 12.3 Å². The quantitative estimate of drug-likeness (QED) is 0.0456. The number of carboxylic acids is 1. The number of carbonyl (C=O) groups is 4. The molecule has 0 radical (unpaired) electrons. The van der Waals surface area contributed by atoms with Gasteiger partial charge in [-0.2, -0.15) is 0 Å². The Kier molecular flexibility index (Phi) is 17.1. The molecule has 23 heteroatoms. The molecule has 5 aliphatic carbocycles. The van der Waals surface area contributed by atoms with Crippen molar-refractivity contribution in [2.75, 3.05) is 19.8 Å². The third kappa shape index (κ3) is 9.73. The number of hydrogen-bond acceptors (Lipinski definition) is 22. The van der Waals surface area contributed by atoms with Gasteiger partial charge in [-0.25, -0.2) is 4.79 Å². The Balaban J connectivity index is 1.13. The Hall–Kier alpha value is -2.82. The zero-order valence-electron chi connectivity index (χ0n) is 45.5. The second kappa shape index (κ2) is 21.8. The molecule has 23 nitrogen and oxygen atoms in total. The van der Waals surface area contributed by atoms with Crippen LogP contribution in [0.3, 0.4) is 0 Å². The molecule has 7 fully saturated rings. The number of hydrogen-bond donors (Lipinski definition) is 11. The van der Waals surface area contributed by atoms with E-state index in [1.807, 2.05) is 20.8 Å². The lowest BCUT2D eigenvalue weighted by Crippen LogP contribution is -2.72. The van der Waals surface area contributed by atoms with E-state index in [1.54, 1.807) is 13.8 Å². The summed E-state index contributed by atoms with van der Waals surface area (Å²) < 4.78 is 47.9. The van der Waals surface area contributed by atoms with E-state index < -0.39 is 192 Å². The SMILES string of the molecule is CCC(C)C(=O)OC1C(O)C2(COC(C)=O)C(O)CC3(C)C(=CCC4C5(C)CCC(OC6OC(C(=O)O)C(O)C(OC7OCC(O)C(O)C7O)C6OC6OC(CO)C(O)C(O)C6O)C(C)(C=O)C5CCC43C)C2CC1(C)C.